The van der Waals surface area contributed by atoms with Gasteiger partial charge in [-0.25, -0.2) is 14.2 Å². The largest absolute Gasteiger partial charge is 0.480 e. The van der Waals surface area contributed by atoms with E-state index in [1.54, 1.807) is 30.9 Å². The minimum atomic E-state index is -1.46. The summed E-state index contributed by atoms with van der Waals surface area (Å²) in [5, 5.41) is 28.1. The van der Waals surface area contributed by atoms with Crippen LogP contribution in [0.15, 0.2) is 35.1 Å². The molecule has 5 N–H and O–H groups in total. The van der Waals surface area contributed by atoms with Crippen LogP contribution < -0.4 is 21.1 Å². The molecule has 0 aliphatic heterocycles. The van der Waals surface area contributed by atoms with E-state index in [0.29, 0.717) is 22.4 Å². The van der Waals surface area contributed by atoms with Gasteiger partial charge in [0.05, 0.1) is 29.1 Å². The molecule has 0 saturated carbocycles. The van der Waals surface area contributed by atoms with Gasteiger partial charge in [0.2, 0.25) is 5.91 Å². The zero-order valence-corrected chi connectivity index (χ0v) is 24.1. The normalized spacial score (nSPS) is 12.2. The number of H-pyrrole nitrogens is 2. The number of carbonyl (C=O) groups is 3. The third kappa shape index (κ3) is 7.40. The van der Waals surface area contributed by atoms with Crippen molar-refractivity contribution in [1.29, 1.82) is 0 Å². The van der Waals surface area contributed by atoms with E-state index in [0.717, 1.165) is 17.2 Å². The number of aromatic nitrogens is 6. The Morgan fingerprint density at radius 1 is 1.18 bits per heavy atom. The molecule has 4 rings (SSSR count). The Morgan fingerprint density at radius 2 is 1.95 bits per heavy atom. The van der Waals surface area contributed by atoms with E-state index >= 15 is 4.39 Å². The van der Waals surface area contributed by atoms with Gasteiger partial charge >= 0.3 is 5.97 Å². The van der Waals surface area contributed by atoms with Crippen LogP contribution in [0.5, 0.6) is 0 Å². The van der Waals surface area contributed by atoms with Crippen LogP contribution in [0.3, 0.4) is 0 Å². The second-order valence-electron chi connectivity index (χ2n) is 10.1. The van der Waals surface area contributed by atoms with Crippen molar-refractivity contribution in [2.45, 2.75) is 52.2 Å². The Balaban J connectivity index is 1.45. The molecule has 44 heavy (non-hydrogen) atoms. The van der Waals surface area contributed by atoms with E-state index < -0.39 is 35.7 Å². The third-order valence-electron chi connectivity index (χ3n) is 6.88. The summed E-state index contributed by atoms with van der Waals surface area (Å²) in [6.45, 7) is 5.52. The second-order valence-corrected chi connectivity index (χ2v) is 10.1. The van der Waals surface area contributed by atoms with Crippen molar-refractivity contribution in [3.8, 4) is 12.3 Å². The molecule has 228 valence electrons. The van der Waals surface area contributed by atoms with E-state index in [-0.39, 0.29) is 42.9 Å². The van der Waals surface area contributed by atoms with Crippen molar-refractivity contribution in [2.75, 3.05) is 11.4 Å². The fraction of sp³-hybridized carbons (Fsp3) is 0.310. The standard InChI is InChI=1S/C29H30FN9O5/c1-5-10-39(14-18-12-21-24(11-15(18)2)32-17(4)33-28(21)42)19-6-7-20(22(30)13-19)27(41)34-23(29(43)44)8-9-25(40)31-16(3)26-35-37-38-36-26/h1,6-7,11-13,16,23H,8-10,14H2,2-4H3,(H,31,40)(H,34,41)(H,43,44)(H,32,33,42)(H,35,36,37,38)/t16-,23-/m0/s1. The van der Waals surface area contributed by atoms with Crippen LogP contribution in [-0.4, -0.2) is 66.1 Å². The number of carboxylic acids is 1. The number of anilines is 1. The predicted molar refractivity (Wildman–Crippen MR) is 157 cm³/mol. The molecule has 2 atom stereocenters. The highest BCUT2D eigenvalue weighted by atomic mass is 19.1. The highest BCUT2D eigenvalue weighted by Crippen LogP contribution is 2.24. The van der Waals surface area contributed by atoms with Gasteiger partial charge in [0, 0.05) is 18.7 Å². The number of rotatable bonds is 12. The summed E-state index contributed by atoms with van der Waals surface area (Å²) < 4.78 is 15.2. The zero-order chi connectivity index (χ0) is 32.0. The van der Waals surface area contributed by atoms with Gasteiger partial charge < -0.3 is 25.6 Å². The predicted octanol–water partition coefficient (Wildman–Crippen LogP) is 1.67. The molecule has 0 saturated heterocycles. The zero-order valence-electron chi connectivity index (χ0n) is 24.1. The molecule has 0 aliphatic carbocycles. The lowest BCUT2D eigenvalue weighted by Gasteiger charge is -2.24. The Labute approximate surface area is 250 Å². The number of terminal acetylenes is 1. The molecule has 0 bridgehead atoms. The SMILES string of the molecule is C#CCN(Cc1cc2c(=O)[nH]c(C)nc2cc1C)c1ccc(C(=O)N[C@@H](CCC(=O)N[C@@H](C)c2nn[nH]n2)C(=O)O)c(F)c1. The van der Waals surface area contributed by atoms with E-state index in [1.165, 1.54) is 12.1 Å². The topological polar surface area (TPSA) is 199 Å². The molecule has 0 radical (unpaired) electrons. The van der Waals surface area contributed by atoms with Gasteiger partial charge in [-0.05, 0) is 68.7 Å². The van der Waals surface area contributed by atoms with Crippen molar-refractivity contribution in [3.05, 3.63) is 74.8 Å². The number of nitrogens with one attached hydrogen (secondary N) is 4. The average molecular weight is 604 g/mol. The monoisotopic (exact) mass is 603 g/mol. The minimum absolute atomic E-state index is 0.0967. The number of amides is 2. The molecule has 4 aromatic rings. The Hall–Kier alpha value is -5.65. The number of carboxylic acid groups (broad SMARTS) is 1. The molecule has 0 fully saturated rings. The maximum Gasteiger partial charge on any atom is 0.326 e. The highest BCUT2D eigenvalue weighted by Gasteiger charge is 2.24. The molecular formula is C29H30FN9O5. The molecule has 0 aliphatic rings. The maximum atomic E-state index is 15.2. The lowest BCUT2D eigenvalue weighted by Crippen LogP contribution is -2.42. The fourth-order valence-electron chi connectivity index (χ4n) is 4.56. The van der Waals surface area contributed by atoms with Crippen molar-refractivity contribution in [2.24, 2.45) is 0 Å². The molecule has 2 aromatic heterocycles. The van der Waals surface area contributed by atoms with Gasteiger partial charge in [-0.3, -0.25) is 14.4 Å². The first-order chi connectivity index (χ1) is 21.0. The molecule has 2 aromatic carbocycles. The molecule has 14 nitrogen and oxygen atoms in total. The van der Waals surface area contributed by atoms with Crippen LogP contribution in [0, 0.1) is 32.0 Å². The minimum Gasteiger partial charge on any atom is -0.480 e. The number of fused-ring (bicyclic) bond motifs is 1. The third-order valence-corrected chi connectivity index (χ3v) is 6.88. The lowest BCUT2D eigenvalue weighted by molar-refractivity contribution is -0.139. The Kier molecular flexibility index (Phi) is 9.64. The van der Waals surface area contributed by atoms with Crippen LogP contribution in [-0.2, 0) is 16.1 Å². The van der Waals surface area contributed by atoms with Gasteiger partial charge in [0.1, 0.15) is 17.7 Å². The van der Waals surface area contributed by atoms with E-state index in [4.69, 9.17) is 6.42 Å². The van der Waals surface area contributed by atoms with Crippen LogP contribution in [0.4, 0.5) is 10.1 Å². The Morgan fingerprint density at radius 3 is 2.61 bits per heavy atom. The van der Waals surface area contributed by atoms with Crippen molar-refractivity contribution in [1.82, 2.24) is 41.2 Å². The van der Waals surface area contributed by atoms with E-state index in [1.807, 2.05) is 6.92 Å². The molecule has 15 heteroatoms. The van der Waals surface area contributed by atoms with Crippen LogP contribution >= 0.6 is 0 Å². The first-order valence-corrected chi connectivity index (χ1v) is 13.5. The summed E-state index contributed by atoms with van der Waals surface area (Å²) in [6.07, 6.45) is 5.10. The van der Waals surface area contributed by atoms with Gasteiger partial charge in [-0.15, -0.1) is 16.6 Å². The molecule has 0 unspecified atom stereocenters. The Bertz CT molecular complexity index is 1800. The number of aryl methyl sites for hydroxylation is 2. The summed E-state index contributed by atoms with van der Waals surface area (Å²) >= 11 is 0. The summed E-state index contributed by atoms with van der Waals surface area (Å²) in [5.74, 6) is -0.463. The first kappa shape index (κ1) is 31.3. The van der Waals surface area contributed by atoms with Gasteiger partial charge in [-0.2, -0.15) is 5.21 Å². The number of hydrogen-bond acceptors (Lipinski definition) is 9. The maximum absolute atomic E-state index is 15.2. The van der Waals surface area contributed by atoms with Gasteiger partial charge in [0.15, 0.2) is 5.82 Å². The average Bonchev–Trinajstić information content (AvgIpc) is 3.50. The van der Waals surface area contributed by atoms with Crippen molar-refractivity contribution < 1.29 is 23.9 Å². The van der Waals surface area contributed by atoms with Gasteiger partial charge in [0.25, 0.3) is 11.5 Å². The number of halogens is 1. The number of hydrogen-bond donors (Lipinski definition) is 5. The summed E-state index contributed by atoms with van der Waals surface area (Å²) in [4.78, 5) is 58.1. The second kappa shape index (κ2) is 13.6. The highest BCUT2D eigenvalue weighted by molar-refractivity contribution is 5.97. The summed E-state index contributed by atoms with van der Waals surface area (Å²) in [6, 6.07) is 5.33. The van der Waals surface area contributed by atoms with Crippen LogP contribution in [0.1, 0.15) is 58.9 Å². The molecule has 0 spiro atoms. The molecule has 2 amide bonds. The number of carbonyl (C=O) groups excluding carboxylic acids is 2. The number of tetrazole rings is 1. The van der Waals surface area contributed by atoms with Crippen LogP contribution in [0.2, 0.25) is 0 Å². The van der Waals surface area contributed by atoms with E-state index in [9.17, 15) is 24.3 Å². The summed E-state index contributed by atoms with van der Waals surface area (Å²) in [7, 11) is 0. The lowest BCUT2D eigenvalue weighted by atomic mass is 10.0. The summed E-state index contributed by atoms with van der Waals surface area (Å²) in [5.41, 5.74) is 1.88. The number of aromatic amines is 2. The molecule has 2 heterocycles. The van der Waals surface area contributed by atoms with Crippen molar-refractivity contribution in [3.63, 3.8) is 0 Å². The van der Waals surface area contributed by atoms with E-state index in [2.05, 4.69) is 47.1 Å². The van der Waals surface area contributed by atoms with Gasteiger partial charge in [-0.1, -0.05) is 11.1 Å². The smallest absolute Gasteiger partial charge is 0.326 e. The quantitative estimate of drug-likeness (QED) is 0.148. The number of aliphatic carboxylic acids is 1. The van der Waals surface area contributed by atoms with Crippen LogP contribution in [0.25, 0.3) is 10.9 Å². The number of benzene rings is 2. The fourth-order valence-corrected chi connectivity index (χ4v) is 4.56. The number of nitrogens with zero attached hydrogens (tertiary/aromatic N) is 5. The first-order valence-electron chi connectivity index (χ1n) is 13.5. The molecular weight excluding hydrogens is 573 g/mol. The van der Waals surface area contributed by atoms with Crippen molar-refractivity contribution >= 4 is 34.4 Å².